The van der Waals surface area contributed by atoms with Gasteiger partial charge in [-0.1, -0.05) is 0 Å². The molecular formula is C15H19NO4S. The molecule has 0 saturated heterocycles. The molecule has 0 radical (unpaired) electrons. The maximum Gasteiger partial charge on any atom is 0.410 e. The Balaban J connectivity index is 2.07. The quantitative estimate of drug-likeness (QED) is 0.852. The number of hydrogen-bond acceptors (Lipinski definition) is 4. The Labute approximate surface area is 127 Å². The van der Waals surface area contributed by atoms with Crippen LogP contribution < -0.4 is 0 Å². The molecule has 0 saturated carbocycles. The summed E-state index contributed by atoms with van der Waals surface area (Å²) in [5.41, 5.74) is 0.573. The van der Waals surface area contributed by atoms with Crippen molar-refractivity contribution in [1.29, 1.82) is 0 Å². The molecule has 6 heteroatoms. The monoisotopic (exact) mass is 309 g/mol. The summed E-state index contributed by atoms with van der Waals surface area (Å²) >= 11 is 1.58. The van der Waals surface area contributed by atoms with E-state index in [4.69, 9.17) is 9.84 Å². The number of carbonyl (C=O) groups excluding carboxylic acids is 1. The lowest BCUT2D eigenvalue weighted by molar-refractivity contribution is -0.131. The van der Waals surface area contributed by atoms with Crippen LogP contribution in [0.2, 0.25) is 0 Å². The highest BCUT2D eigenvalue weighted by atomic mass is 32.1. The van der Waals surface area contributed by atoms with Gasteiger partial charge in [-0.25, -0.2) is 9.59 Å². The lowest BCUT2D eigenvalue weighted by Gasteiger charge is -2.29. The summed E-state index contributed by atoms with van der Waals surface area (Å²) < 4.78 is 5.38. The SMILES string of the molecule is CC(C)(C)OC(=O)N1CCc2sc(C=CC(=O)O)cc2C1. The number of carboxylic acids is 1. The van der Waals surface area contributed by atoms with E-state index >= 15 is 0 Å². The van der Waals surface area contributed by atoms with Gasteiger partial charge in [0.05, 0.1) is 6.54 Å². The summed E-state index contributed by atoms with van der Waals surface area (Å²) in [5, 5.41) is 8.65. The molecule has 0 bridgehead atoms. The molecule has 1 aromatic heterocycles. The number of rotatable bonds is 2. The van der Waals surface area contributed by atoms with Crippen molar-refractivity contribution >= 4 is 29.5 Å². The van der Waals surface area contributed by atoms with Gasteiger partial charge in [0.1, 0.15) is 5.60 Å². The number of nitrogens with zero attached hydrogens (tertiary/aromatic N) is 1. The van der Waals surface area contributed by atoms with Crippen LogP contribution in [0.5, 0.6) is 0 Å². The normalized spacial score (nSPS) is 15.1. The third-order valence-corrected chi connectivity index (χ3v) is 4.13. The molecule has 1 aliphatic heterocycles. The largest absolute Gasteiger partial charge is 0.478 e. The highest BCUT2D eigenvalue weighted by Crippen LogP contribution is 2.29. The third-order valence-electron chi connectivity index (χ3n) is 2.93. The number of carbonyl (C=O) groups is 2. The van der Waals surface area contributed by atoms with Gasteiger partial charge in [-0.05, 0) is 44.9 Å². The lowest BCUT2D eigenvalue weighted by atomic mass is 10.1. The minimum Gasteiger partial charge on any atom is -0.478 e. The Morgan fingerprint density at radius 2 is 2.14 bits per heavy atom. The van der Waals surface area contributed by atoms with Crippen LogP contribution in [-0.2, 0) is 22.5 Å². The van der Waals surface area contributed by atoms with Gasteiger partial charge in [-0.2, -0.15) is 0 Å². The van der Waals surface area contributed by atoms with E-state index in [-0.39, 0.29) is 6.09 Å². The second-order valence-corrected chi connectivity index (χ2v) is 7.09. The summed E-state index contributed by atoms with van der Waals surface area (Å²) in [5.74, 6) is -0.961. The molecule has 114 valence electrons. The molecular weight excluding hydrogens is 290 g/mol. The zero-order valence-electron chi connectivity index (χ0n) is 12.4. The number of carboxylic acid groups (broad SMARTS) is 1. The molecule has 1 aromatic rings. The summed E-state index contributed by atoms with van der Waals surface area (Å²) in [6.07, 6.45) is 3.19. The maximum absolute atomic E-state index is 12.1. The van der Waals surface area contributed by atoms with Crippen LogP contribution in [-0.4, -0.2) is 34.2 Å². The predicted octanol–water partition coefficient (Wildman–Crippen LogP) is 3.14. The van der Waals surface area contributed by atoms with Crippen molar-refractivity contribution in [3.63, 3.8) is 0 Å². The number of ether oxygens (including phenoxy) is 1. The summed E-state index contributed by atoms with van der Waals surface area (Å²) in [6, 6.07) is 1.94. The summed E-state index contributed by atoms with van der Waals surface area (Å²) in [4.78, 5) is 26.4. The van der Waals surface area contributed by atoms with E-state index in [0.29, 0.717) is 13.1 Å². The highest BCUT2D eigenvalue weighted by molar-refractivity contribution is 7.13. The van der Waals surface area contributed by atoms with Crippen LogP contribution in [0.4, 0.5) is 4.79 Å². The molecule has 1 aliphatic rings. The van der Waals surface area contributed by atoms with Gasteiger partial charge in [-0.3, -0.25) is 0 Å². The van der Waals surface area contributed by atoms with Crippen molar-refractivity contribution in [3.05, 3.63) is 27.5 Å². The van der Waals surface area contributed by atoms with Gasteiger partial charge in [0.15, 0.2) is 0 Å². The number of hydrogen-bond donors (Lipinski definition) is 1. The van der Waals surface area contributed by atoms with Gasteiger partial charge in [0, 0.05) is 22.4 Å². The fourth-order valence-corrected chi connectivity index (χ4v) is 3.14. The summed E-state index contributed by atoms with van der Waals surface area (Å²) in [7, 11) is 0. The van der Waals surface area contributed by atoms with E-state index in [9.17, 15) is 9.59 Å². The molecule has 0 atom stereocenters. The Morgan fingerprint density at radius 1 is 1.43 bits per heavy atom. The van der Waals surface area contributed by atoms with Crippen LogP contribution in [0.1, 0.15) is 36.1 Å². The molecule has 0 fully saturated rings. The molecule has 2 heterocycles. The predicted molar refractivity (Wildman–Crippen MR) is 81.3 cm³/mol. The van der Waals surface area contributed by atoms with Crippen molar-refractivity contribution in [3.8, 4) is 0 Å². The molecule has 0 spiro atoms. The first kappa shape index (κ1) is 15.6. The lowest BCUT2D eigenvalue weighted by Crippen LogP contribution is -2.39. The molecule has 0 unspecified atom stereocenters. The van der Waals surface area contributed by atoms with E-state index in [2.05, 4.69) is 0 Å². The standard InChI is InChI=1S/C15H19NO4S/c1-15(2,3)20-14(19)16-7-6-12-10(9-16)8-11(21-12)4-5-13(17)18/h4-5,8H,6-7,9H2,1-3H3,(H,17,18). The fourth-order valence-electron chi connectivity index (χ4n) is 2.07. The molecule has 21 heavy (non-hydrogen) atoms. The van der Waals surface area contributed by atoms with Gasteiger partial charge in [-0.15, -0.1) is 11.3 Å². The number of fused-ring (bicyclic) bond motifs is 1. The smallest absolute Gasteiger partial charge is 0.410 e. The molecule has 0 aliphatic carbocycles. The first-order chi connectivity index (χ1) is 9.74. The van der Waals surface area contributed by atoms with Crippen LogP contribution in [0, 0.1) is 0 Å². The Bertz CT molecular complexity index is 583. The molecule has 1 N–H and O–H groups in total. The van der Waals surface area contributed by atoms with Crippen molar-refractivity contribution in [1.82, 2.24) is 4.90 Å². The molecule has 5 nitrogen and oxygen atoms in total. The number of amides is 1. The minimum absolute atomic E-state index is 0.304. The van der Waals surface area contributed by atoms with Crippen molar-refractivity contribution in [2.24, 2.45) is 0 Å². The topological polar surface area (TPSA) is 66.8 Å². The first-order valence-electron chi connectivity index (χ1n) is 6.75. The second-order valence-electron chi connectivity index (χ2n) is 5.92. The van der Waals surface area contributed by atoms with E-state index in [1.807, 2.05) is 26.8 Å². The van der Waals surface area contributed by atoms with Crippen molar-refractivity contribution in [2.45, 2.75) is 39.3 Å². The molecule has 0 aromatic carbocycles. The zero-order chi connectivity index (χ0) is 15.6. The van der Waals surface area contributed by atoms with Gasteiger partial charge < -0.3 is 14.7 Å². The Kier molecular flexibility index (Phi) is 4.37. The average molecular weight is 309 g/mol. The maximum atomic E-state index is 12.1. The summed E-state index contributed by atoms with van der Waals surface area (Å²) in [6.45, 7) is 6.69. The minimum atomic E-state index is -0.961. The van der Waals surface area contributed by atoms with Crippen molar-refractivity contribution in [2.75, 3.05) is 6.54 Å². The van der Waals surface area contributed by atoms with Crippen molar-refractivity contribution < 1.29 is 19.4 Å². The van der Waals surface area contributed by atoms with E-state index < -0.39 is 11.6 Å². The van der Waals surface area contributed by atoms with E-state index in [0.717, 1.165) is 22.9 Å². The zero-order valence-corrected chi connectivity index (χ0v) is 13.2. The van der Waals surface area contributed by atoms with Crippen LogP contribution in [0.15, 0.2) is 12.1 Å². The van der Waals surface area contributed by atoms with E-state index in [1.54, 1.807) is 22.3 Å². The van der Waals surface area contributed by atoms with Gasteiger partial charge in [0.2, 0.25) is 0 Å². The second kappa shape index (κ2) is 5.89. The van der Waals surface area contributed by atoms with Gasteiger partial charge in [0.25, 0.3) is 0 Å². The number of thiophene rings is 1. The Morgan fingerprint density at radius 3 is 2.76 bits per heavy atom. The molecule has 1 amide bonds. The van der Waals surface area contributed by atoms with Crippen LogP contribution in [0.3, 0.4) is 0 Å². The highest BCUT2D eigenvalue weighted by Gasteiger charge is 2.26. The third kappa shape index (κ3) is 4.32. The van der Waals surface area contributed by atoms with E-state index in [1.165, 1.54) is 4.88 Å². The van der Waals surface area contributed by atoms with Crippen LogP contribution in [0.25, 0.3) is 6.08 Å². The molecule has 2 rings (SSSR count). The first-order valence-corrected chi connectivity index (χ1v) is 7.57. The number of aliphatic carboxylic acids is 1. The average Bonchev–Trinajstić information content (AvgIpc) is 2.75. The van der Waals surface area contributed by atoms with Gasteiger partial charge >= 0.3 is 12.1 Å². The Hall–Kier alpha value is -1.82. The fraction of sp³-hybridized carbons (Fsp3) is 0.467. The van der Waals surface area contributed by atoms with Crippen LogP contribution >= 0.6 is 11.3 Å².